The number of aryl methyl sites for hydroxylation is 2. The number of hydrogen-bond donors (Lipinski definition) is 1. The molecule has 0 radical (unpaired) electrons. The fourth-order valence-electron chi connectivity index (χ4n) is 3.18. The summed E-state index contributed by atoms with van der Waals surface area (Å²) in [5, 5.41) is 8.72. The molecule has 29 heavy (non-hydrogen) atoms. The minimum absolute atomic E-state index is 0.170. The number of carbonyl (C=O) groups excluding carboxylic acids is 1. The number of amides is 1. The van der Waals surface area contributed by atoms with Crippen LogP contribution in [0.2, 0.25) is 0 Å². The Hall–Kier alpha value is -3.61. The Balaban J connectivity index is 1.45. The molecule has 0 saturated carbocycles. The van der Waals surface area contributed by atoms with Crippen molar-refractivity contribution in [1.82, 2.24) is 15.2 Å². The lowest BCUT2D eigenvalue weighted by molar-refractivity contribution is 0.0954. The van der Waals surface area contributed by atoms with Crippen molar-refractivity contribution >= 4 is 12.1 Å². The molecule has 148 valence electrons. The van der Waals surface area contributed by atoms with Crippen molar-refractivity contribution in [3.8, 4) is 11.5 Å². The topological polar surface area (TPSA) is 77.7 Å². The van der Waals surface area contributed by atoms with E-state index in [0.717, 1.165) is 17.0 Å². The molecule has 0 atom stereocenters. The molecule has 0 aliphatic carbocycles. The molecule has 0 bridgehead atoms. The van der Waals surface area contributed by atoms with E-state index in [2.05, 4.69) is 46.8 Å². The SMILES string of the molecule is Cc1ccc(Cn2nc(C)c(/C=N\NC(=O)c3ccc4c(c3)OCO4)c2C)cc1. The summed E-state index contributed by atoms with van der Waals surface area (Å²) in [7, 11) is 0. The van der Waals surface area contributed by atoms with E-state index < -0.39 is 0 Å². The van der Waals surface area contributed by atoms with Crippen LogP contribution in [0.3, 0.4) is 0 Å². The standard InChI is InChI=1S/C22H22N4O3/c1-14-4-6-17(7-5-14)12-26-16(3)19(15(2)25-26)11-23-24-22(27)18-8-9-20-21(10-18)29-13-28-20/h4-11H,12-13H2,1-3H3,(H,24,27)/b23-11-. The van der Waals surface area contributed by atoms with Crippen molar-refractivity contribution in [3.05, 3.63) is 76.1 Å². The molecule has 0 spiro atoms. The number of benzene rings is 2. The predicted octanol–water partition coefficient (Wildman–Crippen LogP) is 3.35. The summed E-state index contributed by atoms with van der Waals surface area (Å²) in [6, 6.07) is 13.4. The van der Waals surface area contributed by atoms with Crippen LogP contribution in [0.1, 0.15) is 38.4 Å². The van der Waals surface area contributed by atoms with Crippen LogP contribution in [0, 0.1) is 20.8 Å². The van der Waals surface area contributed by atoms with E-state index in [-0.39, 0.29) is 12.7 Å². The van der Waals surface area contributed by atoms with Gasteiger partial charge in [-0.25, -0.2) is 5.43 Å². The highest BCUT2D eigenvalue weighted by Gasteiger charge is 2.16. The summed E-state index contributed by atoms with van der Waals surface area (Å²) in [5.41, 5.74) is 8.16. The number of nitrogens with zero attached hydrogens (tertiary/aromatic N) is 3. The first-order valence-electron chi connectivity index (χ1n) is 9.34. The fraction of sp³-hybridized carbons (Fsp3) is 0.227. The van der Waals surface area contributed by atoms with Gasteiger partial charge in [0.05, 0.1) is 18.5 Å². The second-order valence-electron chi connectivity index (χ2n) is 6.99. The van der Waals surface area contributed by atoms with Crippen molar-refractivity contribution in [2.75, 3.05) is 6.79 Å². The van der Waals surface area contributed by atoms with Crippen LogP contribution in [0.4, 0.5) is 0 Å². The second kappa shape index (κ2) is 7.79. The number of fused-ring (bicyclic) bond motifs is 1. The van der Waals surface area contributed by atoms with Crippen molar-refractivity contribution in [3.63, 3.8) is 0 Å². The average molecular weight is 390 g/mol. The average Bonchev–Trinajstić information content (AvgIpc) is 3.28. The first-order valence-corrected chi connectivity index (χ1v) is 9.34. The van der Waals surface area contributed by atoms with E-state index in [1.165, 1.54) is 11.1 Å². The Morgan fingerprint density at radius 2 is 1.90 bits per heavy atom. The monoisotopic (exact) mass is 390 g/mol. The molecule has 1 N–H and O–H groups in total. The highest BCUT2D eigenvalue weighted by molar-refractivity contribution is 5.95. The zero-order valence-corrected chi connectivity index (χ0v) is 16.6. The van der Waals surface area contributed by atoms with Gasteiger partial charge in [0.25, 0.3) is 5.91 Å². The molecule has 1 amide bonds. The summed E-state index contributed by atoms with van der Waals surface area (Å²) < 4.78 is 12.5. The molecular weight excluding hydrogens is 368 g/mol. The van der Waals surface area contributed by atoms with Gasteiger partial charge in [-0.1, -0.05) is 29.8 Å². The summed E-state index contributed by atoms with van der Waals surface area (Å²) in [5.74, 6) is 0.880. The van der Waals surface area contributed by atoms with Crippen LogP contribution >= 0.6 is 0 Å². The number of ether oxygens (including phenoxy) is 2. The molecule has 2 heterocycles. The van der Waals surface area contributed by atoms with Crippen molar-refractivity contribution in [1.29, 1.82) is 0 Å². The van der Waals surface area contributed by atoms with Crippen LogP contribution in [0.5, 0.6) is 11.5 Å². The van der Waals surface area contributed by atoms with E-state index in [1.54, 1.807) is 24.4 Å². The molecular formula is C22H22N4O3. The molecule has 7 heteroatoms. The van der Waals surface area contributed by atoms with Gasteiger partial charge in [0, 0.05) is 16.8 Å². The van der Waals surface area contributed by atoms with Gasteiger partial charge in [0.2, 0.25) is 6.79 Å². The van der Waals surface area contributed by atoms with Gasteiger partial charge < -0.3 is 9.47 Å². The largest absolute Gasteiger partial charge is 0.454 e. The Labute approximate surface area is 169 Å². The second-order valence-corrected chi connectivity index (χ2v) is 6.99. The van der Waals surface area contributed by atoms with Gasteiger partial charge in [-0.05, 0) is 44.5 Å². The maximum absolute atomic E-state index is 12.3. The number of nitrogens with one attached hydrogen (secondary N) is 1. The lowest BCUT2D eigenvalue weighted by Gasteiger charge is -2.05. The normalized spacial score (nSPS) is 12.5. The van der Waals surface area contributed by atoms with E-state index in [0.29, 0.717) is 23.6 Å². The Kier molecular flexibility index (Phi) is 5.03. The number of hydrazone groups is 1. The Morgan fingerprint density at radius 3 is 2.69 bits per heavy atom. The van der Waals surface area contributed by atoms with E-state index in [4.69, 9.17) is 9.47 Å². The number of rotatable bonds is 5. The highest BCUT2D eigenvalue weighted by atomic mass is 16.7. The van der Waals surface area contributed by atoms with Gasteiger partial charge >= 0.3 is 0 Å². The molecule has 0 unspecified atom stereocenters. The van der Waals surface area contributed by atoms with Crippen LogP contribution < -0.4 is 14.9 Å². The van der Waals surface area contributed by atoms with Gasteiger partial charge in [0.15, 0.2) is 11.5 Å². The number of aromatic nitrogens is 2. The third-order valence-electron chi connectivity index (χ3n) is 4.88. The first-order chi connectivity index (χ1) is 14.0. The summed E-state index contributed by atoms with van der Waals surface area (Å²) in [6.45, 7) is 6.85. The smallest absolute Gasteiger partial charge is 0.271 e. The van der Waals surface area contributed by atoms with Crippen molar-refractivity contribution in [2.45, 2.75) is 27.3 Å². The molecule has 1 aliphatic heterocycles. The molecule has 1 aromatic heterocycles. The van der Waals surface area contributed by atoms with Crippen molar-refractivity contribution < 1.29 is 14.3 Å². The molecule has 1 aliphatic rings. The number of carbonyl (C=O) groups is 1. The Morgan fingerprint density at radius 1 is 1.14 bits per heavy atom. The molecule has 4 rings (SSSR count). The fourth-order valence-corrected chi connectivity index (χ4v) is 3.18. The molecule has 0 fully saturated rings. The third-order valence-corrected chi connectivity index (χ3v) is 4.88. The van der Waals surface area contributed by atoms with Crippen LogP contribution in [0.25, 0.3) is 0 Å². The zero-order valence-electron chi connectivity index (χ0n) is 16.6. The van der Waals surface area contributed by atoms with Gasteiger partial charge in [0.1, 0.15) is 0 Å². The minimum Gasteiger partial charge on any atom is -0.454 e. The molecule has 0 saturated heterocycles. The van der Waals surface area contributed by atoms with Crippen LogP contribution in [-0.2, 0) is 6.54 Å². The lowest BCUT2D eigenvalue weighted by Crippen LogP contribution is -2.17. The highest BCUT2D eigenvalue weighted by Crippen LogP contribution is 2.32. The van der Waals surface area contributed by atoms with Crippen LogP contribution in [0.15, 0.2) is 47.6 Å². The maximum Gasteiger partial charge on any atom is 0.271 e. The van der Waals surface area contributed by atoms with E-state index in [1.807, 2.05) is 18.5 Å². The van der Waals surface area contributed by atoms with Gasteiger partial charge in [-0.15, -0.1) is 0 Å². The zero-order chi connectivity index (χ0) is 20.4. The van der Waals surface area contributed by atoms with Crippen LogP contribution in [-0.4, -0.2) is 28.7 Å². The molecule has 7 nitrogen and oxygen atoms in total. The summed E-state index contributed by atoms with van der Waals surface area (Å²) in [4.78, 5) is 12.3. The predicted molar refractivity (Wildman–Crippen MR) is 110 cm³/mol. The van der Waals surface area contributed by atoms with Gasteiger partial charge in [-0.2, -0.15) is 10.2 Å². The van der Waals surface area contributed by atoms with E-state index in [9.17, 15) is 4.79 Å². The first kappa shape index (κ1) is 18.7. The number of hydrogen-bond acceptors (Lipinski definition) is 5. The summed E-state index contributed by atoms with van der Waals surface area (Å²) >= 11 is 0. The summed E-state index contributed by atoms with van der Waals surface area (Å²) in [6.07, 6.45) is 1.63. The molecule has 2 aromatic carbocycles. The maximum atomic E-state index is 12.3. The van der Waals surface area contributed by atoms with Gasteiger partial charge in [-0.3, -0.25) is 9.48 Å². The lowest BCUT2D eigenvalue weighted by atomic mass is 10.1. The third kappa shape index (κ3) is 3.99. The van der Waals surface area contributed by atoms with E-state index >= 15 is 0 Å². The van der Waals surface area contributed by atoms with Crippen molar-refractivity contribution in [2.24, 2.45) is 5.10 Å². The molecule has 3 aromatic rings. The quantitative estimate of drug-likeness (QED) is 0.535. The Bertz CT molecular complexity index is 1080. The minimum atomic E-state index is -0.318.